The van der Waals surface area contributed by atoms with E-state index in [-0.39, 0.29) is 22.4 Å². The highest BCUT2D eigenvalue weighted by atomic mass is 16.5. The van der Waals surface area contributed by atoms with Gasteiger partial charge in [-0.15, -0.1) is 0 Å². The molecular weight excluding hydrogens is 484 g/mol. The molecular formula is C26H26N2O9. The molecule has 5 atom stereocenters. The van der Waals surface area contributed by atoms with E-state index in [1.807, 2.05) is 0 Å². The third kappa shape index (κ3) is 3.20. The zero-order valence-electron chi connectivity index (χ0n) is 20.1. The van der Waals surface area contributed by atoms with Gasteiger partial charge in [0.05, 0.1) is 34.9 Å². The van der Waals surface area contributed by atoms with Crippen LogP contribution in [0.2, 0.25) is 0 Å². The zero-order valence-corrected chi connectivity index (χ0v) is 20.1. The predicted octanol–water partition coefficient (Wildman–Crippen LogP) is 0.366. The number of amides is 1. The summed E-state index contributed by atoms with van der Waals surface area (Å²) in [5.74, 6) is -9.79. The van der Waals surface area contributed by atoms with Crippen LogP contribution in [0.15, 0.2) is 41.7 Å². The van der Waals surface area contributed by atoms with Crippen molar-refractivity contribution in [3.05, 3.63) is 52.8 Å². The minimum atomic E-state index is -2.97. The molecule has 0 aromatic heterocycles. The smallest absolute Gasteiger partial charge is 0.309 e. The molecule has 0 aliphatic heterocycles. The Labute approximate surface area is 211 Å². The minimum absolute atomic E-state index is 0.129. The number of rotatable bonds is 4. The topological polar surface area (TPSA) is 188 Å². The lowest BCUT2D eigenvalue weighted by molar-refractivity contribution is -0.182. The van der Waals surface area contributed by atoms with E-state index in [0.29, 0.717) is 12.8 Å². The van der Waals surface area contributed by atoms with Crippen LogP contribution in [0.5, 0.6) is 5.75 Å². The minimum Gasteiger partial charge on any atom is -0.508 e. The number of aliphatic hydroxyl groups is 3. The Morgan fingerprint density at radius 2 is 1.81 bits per heavy atom. The van der Waals surface area contributed by atoms with Crippen LogP contribution >= 0.6 is 0 Å². The summed E-state index contributed by atoms with van der Waals surface area (Å²) in [6.45, 7) is 4.05. The molecule has 0 heterocycles. The number of Topliss-reactive ketones (excluding diaryl/α,β-unsaturated/α-hetero) is 2. The number of benzene rings is 1. The number of esters is 1. The highest BCUT2D eigenvalue weighted by Crippen LogP contribution is 2.56. The fourth-order valence-corrected chi connectivity index (χ4v) is 5.87. The molecule has 1 aromatic rings. The first-order valence-electron chi connectivity index (χ1n) is 11.7. The summed E-state index contributed by atoms with van der Waals surface area (Å²) in [7, 11) is 2.92. The van der Waals surface area contributed by atoms with Crippen LogP contribution in [-0.4, -0.2) is 80.6 Å². The van der Waals surface area contributed by atoms with Gasteiger partial charge in [0.1, 0.15) is 28.9 Å². The Kier molecular flexibility index (Phi) is 5.36. The number of phenolic OH excluding ortho intramolecular Hbond substituents is 1. The largest absolute Gasteiger partial charge is 0.508 e. The third-order valence-electron chi connectivity index (χ3n) is 7.74. The number of primary amides is 1. The van der Waals surface area contributed by atoms with Crippen LogP contribution in [0.25, 0.3) is 11.3 Å². The Hall–Kier alpha value is -3.96. The number of carbonyl (C=O) groups is 4. The van der Waals surface area contributed by atoms with Crippen LogP contribution in [0, 0.1) is 17.8 Å². The van der Waals surface area contributed by atoms with Gasteiger partial charge >= 0.3 is 5.97 Å². The van der Waals surface area contributed by atoms with Crippen LogP contribution in [0.3, 0.4) is 0 Å². The van der Waals surface area contributed by atoms with Gasteiger partial charge in [0.25, 0.3) is 5.91 Å². The second-order valence-corrected chi connectivity index (χ2v) is 10.1. The molecule has 0 saturated heterocycles. The molecule has 4 aliphatic rings. The number of ether oxygens (including phenoxy) is 1. The summed E-state index contributed by atoms with van der Waals surface area (Å²) in [4.78, 5) is 53.9. The lowest BCUT2D eigenvalue weighted by Gasteiger charge is -2.53. The molecule has 11 nitrogen and oxygen atoms in total. The zero-order chi connectivity index (χ0) is 27.1. The molecule has 2 saturated carbocycles. The molecule has 0 radical (unpaired) electrons. The Morgan fingerprint density at radius 1 is 1.16 bits per heavy atom. The maximum absolute atomic E-state index is 14.0. The van der Waals surface area contributed by atoms with Gasteiger partial charge in [-0.1, -0.05) is 18.7 Å². The van der Waals surface area contributed by atoms with Gasteiger partial charge in [0.15, 0.2) is 11.4 Å². The Morgan fingerprint density at radius 3 is 2.38 bits per heavy atom. The number of nitrogens with zero attached hydrogens (tertiary/aromatic N) is 1. The lowest BCUT2D eigenvalue weighted by atomic mass is 9.55. The maximum atomic E-state index is 14.0. The number of likely N-dealkylation sites (N-methyl/N-ethyl adjacent to an activating group) is 1. The molecule has 37 heavy (non-hydrogen) atoms. The quantitative estimate of drug-likeness (QED) is 0.280. The van der Waals surface area contributed by atoms with E-state index in [9.17, 15) is 39.6 Å². The van der Waals surface area contributed by atoms with Gasteiger partial charge in [-0.2, -0.15) is 0 Å². The summed E-state index contributed by atoms with van der Waals surface area (Å²) >= 11 is 0. The summed E-state index contributed by atoms with van der Waals surface area (Å²) in [5, 5.41) is 44.7. The summed E-state index contributed by atoms with van der Waals surface area (Å²) < 4.78 is 5.86. The van der Waals surface area contributed by atoms with E-state index >= 15 is 0 Å². The average Bonchev–Trinajstić information content (AvgIpc) is 3.66. The predicted molar refractivity (Wildman–Crippen MR) is 128 cm³/mol. The summed E-state index contributed by atoms with van der Waals surface area (Å²) in [6, 6.07) is 2.91. The van der Waals surface area contributed by atoms with Gasteiger partial charge in [-0.25, -0.2) is 0 Å². The summed E-state index contributed by atoms with van der Waals surface area (Å²) in [6.07, 6.45) is -0.324. The monoisotopic (exact) mass is 510 g/mol. The molecule has 0 bridgehead atoms. The fourth-order valence-electron chi connectivity index (χ4n) is 5.87. The van der Waals surface area contributed by atoms with E-state index in [4.69, 9.17) is 10.5 Å². The van der Waals surface area contributed by atoms with Crippen molar-refractivity contribution in [1.29, 1.82) is 0 Å². The number of carbonyl (C=O) groups excluding carboxylic acids is 4. The van der Waals surface area contributed by atoms with E-state index < -0.39 is 81.6 Å². The highest BCUT2D eigenvalue weighted by molar-refractivity contribution is 6.25. The van der Waals surface area contributed by atoms with Gasteiger partial charge in [-0.05, 0) is 44.1 Å². The van der Waals surface area contributed by atoms with E-state index in [2.05, 4.69) is 6.58 Å². The van der Waals surface area contributed by atoms with E-state index in [1.54, 1.807) is 6.07 Å². The van der Waals surface area contributed by atoms with Crippen molar-refractivity contribution in [1.82, 2.24) is 4.90 Å². The lowest BCUT2D eigenvalue weighted by Crippen LogP contribution is -2.70. The van der Waals surface area contributed by atoms with Gasteiger partial charge < -0.3 is 30.9 Å². The molecule has 0 unspecified atom stereocenters. The van der Waals surface area contributed by atoms with Crippen molar-refractivity contribution in [3.63, 3.8) is 0 Å². The molecule has 0 spiro atoms. The molecule has 5 rings (SSSR count). The maximum Gasteiger partial charge on any atom is 0.309 e. The van der Waals surface area contributed by atoms with Crippen LogP contribution in [-0.2, 0) is 23.9 Å². The summed E-state index contributed by atoms with van der Waals surface area (Å²) in [5.41, 5.74) is 1.28. The number of nitrogens with two attached hydrogens (primary N) is 1. The first-order valence-corrected chi connectivity index (χ1v) is 11.7. The van der Waals surface area contributed by atoms with Crippen molar-refractivity contribution in [2.75, 3.05) is 14.1 Å². The molecule has 11 heteroatoms. The standard InChI is InChI=1S/C26H26N2O9/c1-9-11-5-4-6-12(29)14(11)19(30)15-13(9)21(37-25(35)10-7-8-10)17-18(28(2)3)20(31)16(24(27)34)23(33)26(17,36)22(15)32/h4-6,10,13,17-18,21,29-30,33,36H,1,7-8H2,2-3H3,(H2,27,34)/t13-,17+,18-,21+,26+/m1/s1. The average molecular weight is 510 g/mol. The second-order valence-electron chi connectivity index (χ2n) is 10.1. The van der Waals surface area contributed by atoms with Crippen LogP contribution in [0.4, 0.5) is 0 Å². The number of phenols is 1. The third-order valence-corrected chi connectivity index (χ3v) is 7.74. The van der Waals surface area contributed by atoms with Crippen molar-refractivity contribution in [3.8, 4) is 5.75 Å². The van der Waals surface area contributed by atoms with Gasteiger partial charge in [-0.3, -0.25) is 24.1 Å². The molecule has 194 valence electrons. The molecule has 4 aliphatic carbocycles. The van der Waals surface area contributed by atoms with Crippen molar-refractivity contribution >= 4 is 34.8 Å². The van der Waals surface area contributed by atoms with Crippen LogP contribution in [0.1, 0.15) is 24.0 Å². The van der Waals surface area contributed by atoms with E-state index in [0.717, 1.165) is 0 Å². The highest BCUT2D eigenvalue weighted by Gasteiger charge is 2.69. The number of aromatic hydroxyl groups is 1. The van der Waals surface area contributed by atoms with Gasteiger partial charge in [0.2, 0.25) is 5.78 Å². The van der Waals surface area contributed by atoms with E-state index in [1.165, 1.54) is 31.1 Å². The second kappa shape index (κ2) is 8.02. The molecule has 2 fully saturated rings. The molecule has 6 N–H and O–H groups in total. The number of aliphatic hydroxyl groups excluding tert-OH is 2. The van der Waals surface area contributed by atoms with Crippen molar-refractivity contribution in [2.24, 2.45) is 23.5 Å². The van der Waals surface area contributed by atoms with Crippen LogP contribution < -0.4 is 5.73 Å². The SMILES string of the molecule is C=C1c2cccc(O)c2C(O)=C2C(=O)[C@]3(O)C(O)=C(C(N)=O)C(=O)[C@H](N(C)C)[C@H]3[C@@H](OC(=O)C3CC3)[C@H]12. The number of hydrogen-bond acceptors (Lipinski definition) is 10. The molecule has 1 aromatic carbocycles. The molecule has 1 amide bonds. The Bertz CT molecular complexity index is 1370. The van der Waals surface area contributed by atoms with Gasteiger partial charge in [0, 0.05) is 0 Å². The number of hydrogen-bond donors (Lipinski definition) is 5. The first-order chi connectivity index (χ1) is 17.3. The fraction of sp³-hybridized carbons (Fsp3) is 0.385. The normalized spacial score (nSPS) is 31.2. The van der Waals surface area contributed by atoms with Crippen molar-refractivity contribution in [2.45, 2.75) is 30.6 Å². The van der Waals surface area contributed by atoms with Crippen molar-refractivity contribution < 1.29 is 44.3 Å². The Balaban J connectivity index is 1.84. The first kappa shape index (κ1) is 24.7. The number of fused-ring (bicyclic) bond motifs is 3. The number of ketones is 2.